The lowest BCUT2D eigenvalue weighted by atomic mass is 9.87. The van der Waals surface area contributed by atoms with Crippen molar-refractivity contribution in [3.63, 3.8) is 0 Å². The highest BCUT2D eigenvalue weighted by atomic mass is 16.5. The van der Waals surface area contributed by atoms with Gasteiger partial charge in [0.1, 0.15) is 5.75 Å². The second-order valence-electron chi connectivity index (χ2n) is 8.02. The van der Waals surface area contributed by atoms with E-state index in [0.29, 0.717) is 32.5 Å². The molecule has 0 spiro atoms. The minimum absolute atomic E-state index is 0.0842. The molecule has 1 fully saturated rings. The van der Waals surface area contributed by atoms with E-state index in [1.807, 2.05) is 17.0 Å². The Morgan fingerprint density at radius 3 is 2.33 bits per heavy atom. The van der Waals surface area contributed by atoms with Crippen LogP contribution in [0.25, 0.3) is 0 Å². The second-order valence-corrected chi connectivity index (χ2v) is 8.02. The Kier molecular flexibility index (Phi) is 7.51. The summed E-state index contributed by atoms with van der Waals surface area (Å²) in [6, 6.07) is 8.24. The highest BCUT2D eigenvalue weighted by Crippen LogP contribution is 2.24. The molecule has 1 saturated heterocycles. The first-order valence-corrected chi connectivity index (χ1v) is 9.65. The molecular formula is C21H32N2O4. The third-order valence-electron chi connectivity index (χ3n) is 4.88. The van der Waals surface area contributed by atoms with E-state index in [1.54, 1.807) is 0 Å². The van der Waals surface area contributed by atoms with Gasteiger partial charge in [0.25, 0.3) is 0 Å². The molecular weight excluding hydrogens is 344 g/mol. The van der Waals surface area contributed by atoms with Crippen LogP contribution in [0.2, 0.25) is 0 Å². The van der Waals surface area contributed by atoms with Crippen LogP contribution in [0.15, 0.2) is 24.3 Å². The maximum absolute atomic E-state index is 12.3. The first-order valence-electron chi connectivity index (χ1n) is 9.65. The Hall–Kier alpha value is -2.24. The van der Waals surface area contributed by atoms with Crippen molar-refractivity contribution in [3.05, 3.63) is 29.8 Å². The number of amides is 2. The van der Waals surface area contributed by atoms with Gasteiger partial charge in [0, 0.05) is 25.6 Å². The normalized spacial score (nSPS) is 15.3. The summed E-state index contributed by atoms with van der Waals surface area (Å²) in [5.74, 6) is 0.989. The number of benzene rings is 1. The third kappa shape index (κ3) is 6.77. The van der Waals surface area contributed by atoms with E-state index in [2.05, 4.69) is 43.0 Å². The molecule has 150 valence electrons. The average Bonchev–Trinajstić information content (AvgIpc) is 2.65. The summed E-state index contributed by atoms with van der Waals surface area (Å²) < 4.78 is 10.4. The zero-order valence-electron chi connectivity index (χ0n) is 16.9. The molecule has 1 aromatic carbocycles. The predicted octanol–water partition coefficient (Wildman–Crippen LogP) is 3.49. The number of nitrogens with zero attached hydrogens (tertiary/aromatic N) is 1. The lowest BCUT2D eigenvalue weighted by molar-refractivity contribution is -0.132. The number of hydrogen-bond acceptors (Lipinski definition) is 4. The average molecular weight is 376 g/mol. The summed E-state index contributed by atoms with van der Waals surface area (Å²) >= 11 is 0. The summed E-state index contributed by atoms with van der Waals surface area (Å²) in [6.07, 6.45) is 2.29. The van der Waals surface area contributed by atoms with Gasteiger partial charge in [0.2, 0.25) is 5.91 Å². The third-order valence-corrected chi connectivity index (χ3v) is 4.88. The zero-order chi connectivity index (χ0) is 19.9. The van der Waals surface area contributed by atoms with Crippen molar-refractivity contribution in [2.75, 3.05) is 26.8 Å². The van der Waals surface area contributed by atoms with E-state index in [4.69, 9.17) is 4.74 Å². The minimum atomic E-state index is -0.410. The van der Waals surface area contributed by atoms with Crippen molar-refractivity contribution < 1.29 is 19.1 Å². The van der Waals surface area contributed by atoms with Gasteiger partial charge in [-0.15, -0.1) is 0 Å². The molecule has 2 amide bonds. The van der Waals surface area contributed by atoms with Gasteiger partial charge in [-0.2, -0.15) is 0 Å². The zero-order valence-corrected chi connectivity index (χ0v) is 16.9. The van der Waals surface area contributed by atoms with Gasteiger partial charge in [-0.3, -0.25) is 4.79 Å². The topological polar surface area (TPSA) is 67.9 Å². The summed E-state index contributed by atoms with van der Waals surface area (Å²) in [4.78, 5) is 25.4. The number of carbonyl (C=O) groups is 2. The number of methoxy groups -OCH3 is 1. The Morgan fingerprint density at radius 1 is 1.15 bits per heavy atom. The highest BCUT2D eigenvalue weighted by molar-refractivity contribution is 5.76. The molecule has 27 heavy (non-hydrogen) atoms. The first-order chi connectivity index (χ1) is 12.8. The van der Waals surface area contributed by atoms with E-state index < -0.39 is 6.09 Å². The van der Waals surface area contributed by atoms with Crippen LogP contribution in [0.3, 0.4) is 0 Å². The van der Waals surface area contributed by atoms with Crippen LogP contribution in [-0.4, -0.2) is 49.7 Å². The van der Waals surface area contributed by atoms with E-state index in [9.17, 15) is 9.59 Å². The number of piperidine rings is 1. The Labute approximate surface area is 162 Å². The molecule has 1 aliphatic rings. The first kappa shape index (κ1) is 21.1. The predicted molar refractivity (Wildman–Crippen MR) is 105 cm³/mol. The number of ether oxygens (including phenoxy) is 2. The van der Waals surface area contributed by atoms with Crippen molar-refractivity contribution in [1.82, 2.24) is 10.2 Å². The number of rotatable bonds is 6. The van der Waals surface area contributed by atoms with Gasteiger partial charge < -0.3 is 19.7 Å². The quantitative estimate of drug-likeness (QED) is 0.772. The van der Waals surface area contributed by atoms with Gasteiger partial charge >= 0.3 is 6.09 Å². The Morgan fingerprint density at radius 2 is 1.78 bits per heavy atom. The number of alkyl carbamates (subject to hydrolysis) is 1. The van der Waals surface area contributed by atoms with Crippen LogP contribution in [0.5, 0.6) is 5.75 Å². The fourth-order valence-corrected chi connectivity index (χ4v) is 3.12. The molecule has 6 heteroatoms. The number of hydrogen-bond donors (Lipinski definition) is 1. The maximum Gasteiger partial charge on any atom is 0.407 e. The molecule has 0 unspecified atom stereocenters. The Balaban J connectivity index is 1.64. The summed E-state index contributed by atoms with van der Waals surface area (Å²) in [5.41, 5.74) is 1.40. The summed E-state index contributed by atoms with van der Waals surface area (Å²) in [5, 5.41) is 2.79. The second kappa shape index (κ2) is 9.62. The minimum Gasteiger partial charge on any atom is -0.494 e. The molecule has 0 radical (unpaired) electrons. The van der Waals surface area contributed by atoms with E-state index in [-0.39, 0.29) is 17.4 Å². The molecule has 0 saturated carbocycles. The van der Waals surface area contributed by atoms with Gasteiger partial charge in [-0.05, 0) is 42.4 Å². The van der Waals surface area contributed by atoms with Crippen molar-refractivity contribution in [3.8, 4) is 5.75 Å². The fraction of sp³-hybridized carbons (Fsp3) is 0.619. The van der Waals surface area contributed by atoms with Crippen LogP contribution in [0.1, 0.15) is 52.0 Å². The van der Waals surface area contributed by atoms with E-state index in [1.165, 1.54) is 12.7 Å². The summed E-state index contributed by atoms with van der Waals surface area (Å²) in [7, 11) is 1.36. The molecule has 0 aromatic heterocycles. The van der Waals surface area contributed by atoms with Crippen molar-refractivity contribution in [2.24, 2.45) is 0 Å². The van der Waals surface area contributed by atoms with Crippen LogP contribution in [0.4, 0.5) is 4.79 Å². The molecule has 6 nitrogen and oxygen atoms in total. The number of likely N-dealkylation sites (tertiary alicyclic amines) is 1. The van der Waals surface area contributed by atoms with E-state index in [0.717, 1.165) is 18.6 Å². The Bertz CT molecular complexity index is 614. The van der Waals surface area contributed by atoms with Crippen LogP contribution in [0, 0.1) is 0 Å². The monoisotopic (exact) mass is 376 g/mol. The van der Waals surface area contributed by atoms with Crippen molar-refractivity contribution >= 4 is 12.0 Å². The lowest BCUT2D eigenvalue weighted by Gasteiger charge is -2.32. The van der Waals surface area contributed by atoms with E-state index >= 15 is 0 Å². The van der Waals surface area contributed by atoms with Gasteiger partial charge in [-0.25, -0.2) is 4.79 Å². The SMILES string of the molecule is COC(=O)NC1CCN(C(=O)CCCOc2ccc(C(C)(C)C)cc2)CC1. The summed E-state index contributed by atoms with van der Waals surface area (Å²) in [6.45, 7) is 8.42. The maximum atomic E-state index is 12.3. The standard InChI is InChI=1S/C21H32N2O4/c1-21(2,3)16-7-9-18(10-8-16)27-15-5-6-19(24)23-13-11-17(12-14-23)22-20(25)26-4/h7-10,17H,5-6,11-15H2,1-4H3,(H,22,25). The molecule has 2 rings (SSSR count). The lowest BCUT2D eigenvalue weighted by Crippen LogP contribution is -2.46. The molecule has 1 aliphatic heterocycles. The fourth-order valence-electron chi connectivity index (χ4n) is 3.12. The van der Waals surface area contributed by atoms with Crippen LogP contribution in [-0.2, 0) is 14.9 Å². The molecule has 0 atom stereocenters. The van der Waals surface area contributed by atoms with Crippen molar-refractivity contribution in [1.29, 1.82) is 0 Å². The van der Waals surface area contributed by atoms with Gasteiger partial charge in [0.05, 0.1) is 13.7 Å². The van der Waals surface area contributed by atoms with Crippen molar-refractivity contribution in [2.45, 2.75) is 57.9 Å². The molecule has 1 N–H and O–H groups in total. The van der Waals surface area contributed by atoms with Gasteiger partial charge in [0.15, 0.2) is 0 Å². The number of carbonyl (C=O) groups excluding carboxylic acids is 2. The molecule has 0 bridgehead atoms. The molecule has 0 aliphatic carbocycles. The molecule has 1 heterocycles. The van der Waals surface area contributed by atoms with Crippen LogP contribution >= 0.6 is 0 Å². The van der Waals surface area contributed by atoms with Crippen LogP contribution < -0.4 is 10.1 Å². The largest absolute Gasteiger partial charge is 0.494 e. The smallest absolute Gasteiger partial charge is 0.407 e. The van der Waals surface area contributed by atoms with Gasteiger partial charge in [-0.1, -0.05) is 32.9 Å². The molecule has 1 aromatic rings. The number of nitrogens with one attached hydrogen (secondary N) is 1. The highest BCUT2D eigenvalue weighted by Gasteiger charge is 2.23.